The standard InChI is InChI=1S/C16H21FN4OS/c1-5-21-12(4)19-20-16(21)23-11(3)15(22)18-10(2)13-6-8-14(17)9-7-13/h6-11H,5H2,1-4H3,(H,18,22)/t10-,11+/m1/s1. The molecule has 7 heteroatoms. The largest absolute Gasteiger partial charge is 0.349 e. The van der Waals surface area contributed by atoms with E-state index in [4.69, 9.17) is 0 Å². The highest BCUT2D eigenvalue weighted by atomic mass is 32.2. The van der Waals surface area contributed by atoms with E-state index < -0.39 is 0 Å². The van der Waals surface area contributed by atoms with Gasteiger partial charge in [-0.3, -0.25) is 4.79 Å². The lowest BCUT2D eigenvalue weighted by Crippen LogP contribution is -2.33. The molecule has 23 heavy (non-hydrogen) atoms. The van der Waals surface area contributed by atoms with Crippen LogP contribution in [0.15, 0.2) is 29.4 Å². The maximum atomic E-state index is 13.0. The number of carbonyl (C=O) groups excluding carboxylic acids is 1. The first-order chi connectivity index (χ1) is 10.9. The van der Waals surface area contributed by atoms with E-state index in [9.17, 15) is 9.18 Å². The van der Waals surface area contributed by atoms with Crippen molar-refractivity contribution in [1.29, 1.82) is 0 Å². The second-order valence-electron chi connectivity index (χ2n) is 5.32. The highest BCUT2D eigenvalue weighted by Gasteiger charge is 2.20. The van der Waals surface area contributed by atoms with Crippen molar-refractivity contribution in [2.75, 3.05) is 0 Å². The Labute approximate surface area is 139 Å². The lowest BCUT2D eigenvalue weighted by atomic mass is 10.1. The van der Waals surface area contributed by atoms with Crippen LogP contribution < -0.4 is 5.32 Å². The number of rotatable bonds is 6. The zero-order valence-electron chi connectivity index (χ0n) is 13.7. The first-order valence-corrected chi connectivity index (χ1v) is 8.42. The monoisotopic (exact) mass is 336 g/mol. The average Bonchev–Trinajstić information content (AvgIpc) is 2.87. The van der Waals surface area contributed by atoms with Gasteiger partial charge in [-0.05, 0) is 45.4 Å². The van der Waals surface area contributed by atoms with E-state index in [0.717, 1.165) is 23.1 Å². The Morgan fingerprint density at radius 3 is 2.57 bits per heavy atom. The molecule has 0 aliphatic heterocycles. The molecule has 0 radical (unpaired) electrons. The Balaban J connectivity index is 1.98. The third-order valence-corrected chi connectivity index (χ3v) is 4.68. The minimum atomic E-state index is -0.299. The number of amides is 1. The van der Waals surface area contributed by atoms with Crippen LogP contribution in [0.1, 0.15) is 38.2 Å². The molecule has 2 aromatic rings. The third kappa shape index (κ3) is 4.31. The summed E-state index contributed by atoms with van der Waals surface area (Å²) in [5.41, 5.74) is 0.865. The van der Waals surface area contributed by atoms with Gasteiger partial charge in [0.1, 0.15) is 11.6 Å². The summed E-state index contributed by atoms with van der Waals surface area (Å²) >= 11 is 1.38. The van der Waals surface area contributed by atoms with E-state index in [1.807, 2.05) is 32.3 Å². The first-order valence-electron chi connectivity index (χ1n) is 7.54. The van der Waals surface area contributed by atoms with Gasteiger partial charge in [0.2, 0.25) is 5.91 Å². The van der Waals surface area contributed by atoms with E-state index in [0.29, 0.717) is 0 Å². The van der Waals surface area contributed by atoms with Gasteiger partial charge in [0.15, 0.2) is 5.16 Å². The molecule has 5 nitrogen and oxygen atoms in total. The Kier molecular flexibility index (Phi) is 5.76. The van der Waals surface area contributed by atoms with Crippen LogP contribution in [0.25, 0.3) is 0 Å². The minimum Gasteiger partial charge on any atom is -0.349 e. The Morgan fingerprint density at radius 1 is 1.30 bits per heavy atom. The first kappa shape index (κ1) is 17.5. The number of halogens is 1. The Morgan fingerprint density at radius 2 is 1.96 bits per heavy atom. The summed E-state index contributed by atoms with van der Waals surface area (Å²) in [7, 11) is 0. The molecular weight excluding hydrogens is 315 g/mol. The van der Waals surface area contributed by atoms with Crippen molar-refractivity contribution >= 4 is 17.7 Å². The maximum absolute atomic E-state index is 13.0. The summed E-state index contributed by atoms with van der Waals surface area (Å²) in [6.07, 6.45) is 0. The summed E-state index contributed by atoms with van der Waals surface area (Å²) in [5, 5.41) is 11.5. The fourth-order valence-corrected chi connectivity index (χ4v) is 3.16. The van der Waals surface area contributed by atoms with Gasteiger partial charge in [-0.2, -0.15) is 0 Å². The van der Waals surface area contributed by atoms with Gasteiger partial charge in [-0.1, -0.05) is 23.9 Å². The molecule has 0 aliphatic carbocycles. The van der Waals surface area contributed by atoms with E-state index in [2.05, 4.69) is 15.5 Å². The number of nitrogens with zero attached hydrogens (tertiary/aromatic N) is 3. The molecule has 124 valence electrons. The van der Waals surface area contributed by atoms with Gasteiger partial charge in [0.05, 0.1) is 11.3 Å². The quantitative estimate of drug-likeness (QED) is 0.824. The van der Waals surface area contributed by atoms with Crippen molar-refractivity contribution in [2.45, 2.75) is 50.7 Å². The summed E-state index contributed by atoms with van der Waals surface area (Å²) < 4.78 is 14.9. The van der Waals surface area contributed by atoms with Gasteiger partial charge >= 0.3 is 0 Å². The Bertz CT molecular complexity index is 671. The molecule has 2 rings (SSSR count). The highest BCUT2D eigenvalue weighted by Crippen LogP contribution is 2.23. The zero-order chi connectivity index (χ0) is 17.0. The molecule has 1 N–H and O–H groups in total. The molecule has 1 aromatic carbocycles. The predicted molar refractivity (Wildman–Crippen MR) is 88.7 cm³/mol. The number of benzene rings is 1. The van der Waals surface area contributed by atoms with Gasteiger partial charge in [0, 0.05) is 6.54 Å². The van der Waals surface area contributed by atoms with Gasteiger partial charge in [0.25, 0.3) is 0 Å². The van der Waals surface area contributed by atoms with Crippen molar-refractivity contribution < 1.29 is 9.18 Å². The van der Waals surface area contributed by atoms with Gasteiger partial charge in [-0.15, -0.1) is 10.2 Å². The molecule has 1 aromatic heterocycles. The number of aryl methyl sites for hydroxylation is 1. The summed E-state index contributed by atoms with van der Waals surface area (Å²) in [5.74, 6) is 0.461. The predicted octanol–water partition coefficient (Wildman–Crippen LogP) is 3.10. The van der Waals surface area contributed by atoms with Crippen molar-refractivity contribution in [1.82, 2.24) is 20.1 Å². The lowest BCUT2D eigenvalue weighted by Gasteiger charge is -2.17. The van der Waals surface area contributed by atoms with Gasteiger partial charge in [-0.25, -0.2) is 4.39 Å². The number of hydrogen-bond donors (Lipinski definition) is 1. The summed E-state index contributed by atoms with van der Waals surface area (Å²) in [6, 6.07) is 5.95. The molecule has 1 amide bonds. The number of nitrogens with one attached hydrogen (secondary N) is 1. The molecule has 0 saturated carbocycles. The number of carbonyl (C=O) groups is 1. The van der Waals surface area contributed by atoms with Crippen molar-refractivity contribution in [2.24, 2.45) is 0 Å². The smallest absolute Gasteiger partial charge is 0.233 e. The van der Waals surface area contributed by atoms with Crippen LogP contribution in [0.5, 0.6) is 0 Å². The van der Waals surface area contributed by atoms with Crippen LogP contribution >= 0.6 is 11.8 Å². The van der Waals surface area contributed by atoms with Crippen LogP contribution in [-0.2, 0) is 11.3 Å². The molecular formula is C16H21FN4OS. The second-order valence-corrected chi connectivity index (χ2v) is 6.62. The molecule has 0 unspecified atom stereocenters. The molecule has 1 heterocycles. The van der Waals surface area contributed by atoms with Crippen molar-refractivity contribution in [3.63, 3.8) is 0 Å². The van der Waals surface area contributed by atoms with Crippen LogP contribution in [-0.4, -0.2) is 25.9 Å². The number of hydrogen-bond acceptors (Lipinski definition) is 4. The van der Waals surface area contributed by atoms with Crippen LogP contribution in [0.3, 0.4) is 0 Å². The zero-order valence-corrected chi connectivity index (χ0v) is 14.5. The van der Waals surface area contributed by atoms with E-state index in [1.165, 1.54) is 23.9 Å². The normalized spacial score (nSPS) is 13.6. The summed E-state index contributed by atoms with van der Waals surface area (Å²) in [6.45, 7) is 8.38. The number of aromatic nitrogens is 3. The van der Waals surface area contributed by atoms with Crippen molar-refractivity contribution in [3.05, 3.63) is 41.5 Å². The van der Waals surface area contributed by atoms with E-state index in [1.54, 1.807) is 12.1 Å². The van der Waals surface area contributed by atoms with E-state index in [-0.39, 0.29) is 23.0 Å². The number of thioether (sulfide) groups is 1. The summed E-state index contributed by atoms with van der Waals surface area (Å²) in [4.78, 5) is 12.3. The molecule has 0 bridgehead atoms. The van der Waals surface area contributed by atoms with Crippen molar-refractivity contribution in [3.8, 4) is 0 Å². The molecule has 0 spiro atoms. The fourth-order valence-electron chi connectivity index (χ4n) is 2.19. The molecule has 0 fully saturated rings. The topological polar surface area (TPSA) is 59.8 Å². The van der Waals surface area contributed by atoms with E-state index >= 15 is 0 Å². The third-order valence-electron chi connectivity index (χ3n) is 3.60. The lowest BCUT2D eigenvalue weighted by molar-refractivity contribution is -0.120. The Hall–Kier alpha value is -1.89. The fraction of sp³-hybridized carbons (Fsp3) is 0.438. The van der Waals surface area contributed by atoms with Gasteiger partial charge < -0.3 is 9.88 Å². The SMILES string of the molecule is CCn1c(C)nnc1S[C@@H](C)C(=O)N[C@H](C)c1ccc(F)cc1. The molecule has 0 aliphatic rings. The second kappa shape index (κ2) is 7.59. The molecule has 2 atom stereocenters. The van der Waals surface area contributed by atoms with Crippen LogP contribution in [0, 0.1) is 12.7 Å². The van der Waals surface area contributed by atoms with Crippen LogP contribution in [0.2, 0.25) is 0 Å². The molecule has 0 saturated heterocycles. The van der Waals surface area contributed by atoms with Crippen LogP contribution in [0.4, 0.5) is 4.39 Å². The average molecular weight is 336 g/mol. The highest BCUT2D eigenvalue weighted by molar-refractivity contribution is 8.00. The maximum Gasteiger partial charge on any atom is 0.233 e. The minimum absolute atomic E-state index is 0.0878.